The molecule has 3 aromatic rings. The number of H-pyrrole nitrogens is 1. The molecule has 1 aromatic heterocycles. The second-order valence-electron chi connectivity index (χ2n) is 3.97. The van der Waals surface area contributed by atoms with Gasteiger partial charge in [0.2, 0.25) is 0 Å². The number of benzene rings is 2. The molecular formula is C13H6ClF3N2. The zero-order valence-corrected chi connectivity index (χ0v) is 10.1. The van der Waals surface area contributed by atoms with Gasteiger partial charge in [-0.3, -0.25) is 0 Å². The molecule has 3 rings (SSSR count). The van der Waals surface area contributed by atoms with Crippen molar-refractivity contribution in [1.29, 1.82) is 0 Å². The van der Waals surface area contributed by atoms with Crippen LogP contribution in [0.2, 0.25) is 5.02 Å². The highest BCUT2D eigenvalue weighted by molar-refractivity contribution is 6.30. The largest absolute Gasteiger partial charge is 0.338 e. The molecule has 0 bridgehead atoms. The first-order valence-electron chi connectivity index (χ1n) is 5.35. The molecule has 0 fully saturated rings. The number of nitrogens with zero attached hydrogens (tertiary/aromatic N) is 1. The minimum atomic E-state index is -1.03. The molecule has 96 valence electrons. The molecule has 2 nitrogen and oxygen atoms in total. The Kier molecular flexibility index (Phi) is 2.71. The predicted octanol–water partition coefficient (Wildman–Crippen LogP) is 4.30. The van der Waals surface area contributed by atoms with Gasteiger partial charge in [0.05, 0.1) is 10.5 Å². The van der Waals surface area contributed by atoms with Gasteiger partial charge < -0.3 is 4.98 Å². The van der Waals surface area contributed by atoms with Crippen LogP contribution in [0.25, 0.3) is 22.4 Å². The molecule has 0 spiro atoms. The third-order valence-corrected chi connectivity index (χ3v) is 3.05. The third-order valence-electron chi connectivity index (χ3n) is 2.74. The van der Waals surface area contributed by atoms with E-state index in [0.717, 1.165) is 6.07 Å². The van der Waals surface area contributed by atoms with Crippen LogP contribution in [0.3, 0.4) is 0 Å². The van der Waals surface area contributed by atoms with Gasteiger partial charge >= 0.3 is 0 Å². The number of nitrogens with one attached hydrogen (secondary N) is 1. The van der Waals surface area contributed by atoms with E-state index >= 15 is 0 Å². The van der Waals surface area contributed by atoms with Crippen LogP contribution in [0.1, 0.15) is 0 Å². The summed E-state index contributed by atoms with van der Waals surface area (Å²) in [5.41, 5.74) is 0.618. The van der Waals surface area contributed by atoms with E-state index in [-0.39, 0.29) is 16.4 Å². The van der Waals surface area contributed by atoms with Crippen molar-refractivity contribution in [1.82, 2.24) is 9.97 Å². The van der Waals surface area contributed by atoms with Gasteiger partial charge in [-0.05, 0) is 30.3 Å². The van der Waals surface area contributed by atoms with Gasteiger partial charge in [-0.1, -0.05) is 11.6 Å². The van der Waals surface area contributed by atoms with Crippen LogP contribution in [-0.2, 0) is 0 Å². The molecule has 0 saturated heterocycles. The highest BCUT2D eigenvalue weighted by Gasteiger charge is 2.13. The van der Waals surface area contributed by atoms with Crippen molar-refractivity contribution < 1.29 is 13.2 Å². The maximum atomic E-state index is 13.5. The summed E-state index contributed by atoms with van der Waals surface area (Å²) >= 11 is 5.58. The van der Waals surface area contributed by atoms with Crippen molar-refractivity contribution in [2.75, 3.05) is 0 Å². The van der Waals surface area contributed by atoms with E-state index in [1.54, 1.807) is 0 Å². The van der Waals surface area contributed by atoms with E-state index < -0.39 is 17.5 Å². The Bertz CT molecular complexity index is 783. The lowest BCUT2D eigenvalue weighted by Crippen LogP contribution is -1.85. The molecule has 1 N–H and O–H groups in total. The molecule has 0 saturated carbocycles. The number of aromatic amines is 1. The average molecular weight is 283 g/mol. The fourth-order valence-corrected chi connectivity index (χ4v) is 1.92. The van der Waals surface area contributed by atoms with E-state index in [1.807, 2.05) is 0 Å². The lowest BCUT2D eigenvalue weighted by atomic mass is 10.2. The van der Waals surface area contributed by atoms with Gasteiger partial charge in [-0.15, -0.1) is 0 Å². The molecule has 19 heavy (non-hydrogen) atoms. The number of hydrogen-bond acceptors (Lipinski definition) is 1. The minimum absolute atomic E-state index is 0.0166. The van der Waals surface area contributed by atoms with Crippen molar-refractivity contribution in [3.63, 3.8) is 0 Å². The quantitative estimate of drug-likeness (QED) is 0.708. The molecule has 0 aliphatic heterocycles. The summed E-state index contributed by atoms with van der Waals surface area (Å²) in [7, 11) is 0. The fourth-order valence-electron chi connectivity index (χ4n) is 1.80. The smallest absolute Gasteiger partial charge is 0.186 e. The number of hydrogen-bond donors (Lipinski definition) is 1. The first kappa shape index (κ1) is 12.0. The second-order valence-corrected chi connectivity index (χ2v) is 4.38. The van der Waals surface area contributed by atoms with Gasteiger partial charge in [0, 0.05) is 5.56 Å². The van der Waals surface area contributed by atoms with Crippen LogP contribution in [-0.4, -0.2) is 9.97 Å². The normalized spacial score (nSPS) is 11.2. The van der Waals surface area contributed by atoms with Gasteiger partial charge in [0.15, 0.2) is 11.6 Å². The van der Waals surface area contributed by atoms with Gasteiger partial charge in [-0.25, -0.2) is 18.2 Å². The van der Waals surface area contributed by atoms with Gasteiger partial charge in [-0.2, -0.15) is 0 Å². The number of aromatic nitrogens is 2. The molecule has 0 amide bonds. The van der Waals surface area contributed by atoms with Crippen LogP contribution >= 0.6 is 11.6 Å². The summed E-state index contributed by atoms with van der Waals surface area (Å²) in [6.07, 6.45) is 0. The number of imidazole rings is 1. The Balaban J connectivity index is 2.20. The summed E-state index contributed by atoms with van der Waals surface area (Å²) in [4.78, 5) is 6.73. The summed E-state index contributed by atoms with van der Waals surface area (Å²) in [5.74, 6) is -2.37. The van der Waals surface area contributed by atoms with Crippen LogP contribution < -0.4 is 0 Å². The standard InChI is InChI=1S/C13H6ClF3N2/c14-7-2-1-6(5-9(7)16)13-18-10-4-3-8(15)11(17)12(10)19-13/h1-5H,(H,18,19). The fraction of sp³-hybridized carbons (Fsp3) is 0. The zero-order chi connectivity index (χ0) is 13.6. The first-order chi connectivity index (χ1) is 9.06. The van der Waals surface area contributed by atoms with Crippen LogP contribution in [0, 0.1) is 17.5 Å². The second kappa shape index (κ2) is 4.28. The zero-order valence-electron chi connectivity index (χ0n) is 9.35. The van der Waals surface area contributed by atoms with Crippen molar-refractivity contribution in [2.24, 2.45) is 0 Å². The molecule has 0 atom stereocenters. The van der Waals surface area contributed by atoms with Crippen LogP contribution in [0.5, 0.6) is 0 Å². The lowest BCUT2D eigenvalue weighted by Gasteiger charge is -1.98. The van der Waals surface area contributed by atoms with Gasteiger partial charge in [0.25, 0.3) is 0 Å². The SMILES string of the molecule is Fc1cc(-c2nc3c(F)c(F)ccc3[nH]2)ccc1Cl. The van der Waals surface area contributed by atoms with Gasteiger partial charge in [0.1, 0.15) is 17.2 Å². The van der Waals surface area contributed by atoms with Crippen LogP contribution in [0.4, 0.5) is 13.2 Å². The van der Waals surface area contributed by atoms with Crippen molar-refractivity contribution in [3.8, 4) is 11.4 Å². The van der Waals surface area contributed by atoms with Crippen molar-refractivity contribution >= 4 is 22.6 Å². The van der Waals surface area contributed by atoms with E-state index in [4.69, 9.17) is 11.6 Å². The summed E-state index contributed by atoms with van der Waals surface area (Å²) in [6.45, 7) is 0. The Hall–Kier alpha value is -2.01. The van der Waals surface area contributed by atoms with E-state index in [1.165, 1.54) is 24.3 Å². The highest BCUT2D eigenvalue weighted by atomic mass is 35.5. The Morgan fingerprint density at radius 1 is 1.00 bits per heavy atom. The van der Waals surface area contributed by atoms with Crippen LogP contribution in [0.15, 0.2) is 30.3 Å². The predicted molar refractivity (Wildman–Crippen MR) is 66.4 cm³/mol. The molecule has 0 radical (unpaired) electrons. The first-order valence-corrected chi connectivity index (χ1v) is 5.73. The molecule has 0 aliphatic rings. The lowest BCUT2D eigenvalue weighted by molar-refractivity contribution is 0.515. The Morgan fingerprint density at radius 2 is 1.79 bits per heavy atom. The van der Waals surface area contributed by atoms with Crippen molar-refractivity contribution in [3.05, 3.63) is 52.8 Å². The monoisotopic (exact) mass is 282 g/mol. The topological polar surface area (TPSA) is 28.7 Å². The molecule has 0 aliphatic carbocycles. The number of fused-ring (bicyclic) bond motifs is 1. The summed E-state index contributed by atoms with van der Waals surface area (Å²) < 4.78 is 39.9. The van der Waals surface area contributed by atoms with Crippen molar-refractivity contribution in [2.45, 2.75) is 0 Å². The number of halogens is 4. The van der Waals surface area contributed by atoms with E-state index in [0.29, 0.717) is 11.1 Å². The number of rotatable bonds is 1. The molecule has 2 aromatic carbocycles. The summed E-state index contributed by atoms with van der Waals surface area (Å²) in [5, 5.41) is -0.0166. The molecule has 6 heteroatoms. The molecular weight excluding hydrogens is 277 g/mol. The minimum Gasteiger partial charge on any atom is -0.338 e. The Morgan fingerprint density at radius 3 is 2.53 bits per heavy atom. The molecule has 1 heterocycles. The van der Waals surface area contributed by atoms with E-state index in [2.05, 4.69) is 9.97 Å². The Labute approximate surface area is 110 Å². The maximum Gasteiger partial charge on any atom is 0.186 e. The maximum absolute atomic E-state index is 13.5. The summed E-state index contributed by atoms with van der Waals surface area (Å²) in [6, 6.07) is 6.46. The van der Waals surface area contributed by atoms with E-state index in [9.17, 15) is 13.2 Å². The highest BCUT2D eigenvalue weighted by Crippen LogP contribution is 2.26. The third kappa shape index (κ3) is 1.96. The average Bonchev–Trinajstić information content (AvgIpc) is 2.82. The molecule has 0 unspecified atom stereocenters.